The highest BCUT2D eigenvalue weighted by molar-refractivity contribution is 7.80. The zero-order valence-electron chi connectivity index (χ0n) is 13.0. The van der Waals surface area contributed by atoms with E-state index in [-0.39, 0.29) is 18.1 Å². The smallest absolute Gasteiger partial charge is 0.327 e. The van der Waals surface area contributed by atoms with Crippen LogP contribution in [-0.4, -0.2) is 57.8 Å². The zero-order valence-corrected chi connectivity index (χ0v) is 13.9. The number of carbonyl (C=O) groups excluding carboxylic acids is 2. The first-order chi connectivity index (χ1) is 10.6. The number of nitrogens with two attached hydrogens (primary N) is 1. The van der Waals surface area contributed by atoms with Crippen LogP contribution in [0, 0.1) is 5.92 Å². The van der Waals surface area contributed by atoms with Gasteiger partial charge in [-0.2, -0.15) is 12.6 Å². The molecule has 0 saturated heterocycles. The van der Waals surface area contributed by atoms with Crippen LogP contribution < -0.4 is 16.4 Å². The fourth-order valence-electron chi connectivity index (χ4n) is 1.72. The quantitative estimate of drug-likeness (QED) is 0.271. The second-order valence-corrected chi connectivity index (χ2v) is 5.84. The summed E-state index contributed by atoms with van der Waals surface area (Å²) in [5, 5.41) is 22.2. The van der Waals surface area contributed by atoms with E-state index in [1.54, 1.807) is 0 Å². The molecule has 0 aromatic carbocycles. The van der Waals surface area contributed by atoms with Crippen molar-refractivity contribution in [3.05, 3.63) is 0 Å². The molecule has 3 atom stereocenters. The van der Waals surface area contributed by atoms with Crippen molar-refractivity contribution < 1.29 is 29.4 Å². The molecule has 0 aliphatic rings. The molecule has 0 aromatic heterocycles. The lowest BCUT2D eigenvalue weighted by Crippen LogP contribution is -2.55. The maximum atomic E-state index is 12.2. The van der Waals surface area contributed by atoms with Crippen molar-refractivity contribution in [1.82, 2.24) is 10.6 Å². The van der Waals surface area contributed by atoms with Crippen molar-refractivity contribution >= 4 is 36.4 Å². The Morgan fingerprint density at radius 2 is 1.57 bits per heavy atom. The normalized spacial score (nSPS) is 14.7. The molecular formula is C13H23N3O6S. The molecule has 0 bridgehead atoms. The third-order valence-electron chi connectivity index (χ3n) is 2.87. The van der Waals surface area contributed by atoms with Crippen LogP contribution in [0.4, 0.5) is 0 Å². The number of carboxylic acid groups (broad SMARTS) is 2. The minimum absolute atomic E-state index is 0.0287. The Bertz CT molecular complexity index is 457. The van der Waals surface area contributed by atoms with Gasteiger partial charge in [-0.05, 0) is 12.3 Å². The van der Waals surface area contributed by atoms with Crippen molar-refractivity contribution in [3.63, 3.8) is 0 Å². The zero-order chi connectivity index (χ0) is 18.2. The number of carbonyl (C=O) groups is 4. The molecule has 0 radical (unpaired) electrons. The van der Waals surface area contributed by atoms with Gasteiger partial charge in [-0.25, -0.2) is 4.79 Å². The van der Waals surface area contributed by atoms with Crippen LogP contribution in [-0.2, 0) is 19.2 Å². The van der Waals surface area contributed by atoms with Gasteiger partial charge in [0.2, 0.25) is 11.8 Å². The maximum Gasteiger partial charge on any atom is 0.327 e. The molecule has 10 heteroatoms. The van der Waals surface area contributed by atoms with Gasteiger partial charge in [0.15, 0.2) is 0 Å². The first-order valence-corrected chi connectivity index (χ1v) is 7.63. The van der Waals surface area contributed by atoms with Crippen LogP contribution in [0.25, 0.3) is 0 Å². The van der Waals surface area contributed by atoms with Crippen LogP contribution in [0.1, 0.15) is 26.7 Å². The summed E-state index contributed by atoms with van der Waals surface area (Å²) in [6.45, 7) is 3.63. The standard InChI is InChI=1S/C13H23N3O6S/c1-6(2)3-8(12(20)16-9(5-23)13(21)22)15-11(19)7(14)4-10(17)18/h6-9,23H,3-5,14H2,1-2H3,(H,15,19)(H,16,20)(H,17,18)(H,21,22). The highest BCUT2D eigenvalue weighted by Gasteiger charge is 2.28. The van der Waals surface area contributed by atoms with Crippen LogP contribution >= 0.6 is 12.6 Å². The van der Waals surface area contributed by atoms with E-state index >= 15 is 0 Å². The van der Waals surface area contributed by atoms with Gasteiger partial charge in [0.1, 0.15) is 12.1 Å². The monoisotopic (exact) mass is 349 g/mol. The summed E-state index contributed by atoms with van der Waals surface area (Å²) in [6, 6.07) is -3.50. The fraction of sp³-hybridized carbons (Fsp3) is 0.692. The third-order valence-corrected chi connectivity index (χ3v) is 3.23. The molecule has 0 fully saturated rings. The summed E-state index contributed by atoms with van der Waals surface area (Å²) in [7, 11) is 0. The number of hydrogen-bond acceptors (Lipinski definition) is 6. The largest absolute Gasteiger partial charge is 0.481 e. The average Bonchev–Trinajstić information content (AvgIpc) is 2.41. The molecule has 0 heterocycles. The minimum atomic E-state index is -1.30. The lowest BCUT2D eigenvalue weighted by molar-refractivity contribution is -0.142. The summed E-state index contributed by atoms with van der Waals surface area (Å²) in [5.74, 6) is -4.03. The molecule has 6 N–H and O–H groups in total. The Kier molecular flexibility index (Phi) is 9.27. The molecule has 0 aliphatic carbocycles. The molecule has 0 aromatic rings. The highest BCUT2D eigenvalue weighted by atomic mass is 32.1. The molecular weight excluding hydrogens is 326 g/mol. The van der Waals surface area contributed by atoms with Crippen molar-refractivity contribution in [2.45, 2.75) is 44.8 Å². The van der Waals surface area contributed by atoms with Gasteiger partial charge in [-0.1, -0.05) is 13.8 Å². The van der Waals surface area contributed by atoms with Gasteiger partial charge in [-0.15, -0.1) is 0 Å². The van der Waals surface area contributed by atoms with E-state index < -0.39 is 48.3 Å². The van der Waals surface area contributed by atoms with Gasteiger partial charge in [0.25, 0.3) is 0 Å². The van der Waals surface area contributed by atoms with Gasteiger partial charge < -0.3 is 26.6 Å². The van der Waals surface area contributed by atoms with Crippen molar-refractivity contribution in [2.75, 3.05) is 5.75 Å². The van der Waals surface area contributed by atoms with Crippen molar-refractivity contribution in [2.24, 2.45) is 11.7 Å². The third kappa shape index (κ3) is 8.41. The molecule has 3 unspecified atom stereocenters. The summed E-state index contributed by atoms with van der Waals surface area (Å²) in [6.07, 6.45) is -0.327. The number of aliphatic carboxylic acids is 2. The Morgan fingerprint density at radius 3 is 1.96 bits per heavy atom. The lowest BCUT2D eigenvalue weighted by atomic mass is 10.0. The number of nitrogens with one attached hydrogen (secondary N) is 2. The predicted molar refractivity (Wildman–Crippen MR) is 85.0 cm³/mol. The topological polar surface area (TPSA) is 159 Å². The SMILES string of the molecule is CC(C)CC(NC(=O)C(N)CC(=O)O)C(=O)NC(CS)C(=O)O. The van der Waals surface area contributed by atoms with Crippen molar-refractivity contribution in [1.29, 1.82) is 0 Å². The molecule has 2 amide bonds. The summed E-state index contributed by atoms with van der Waals surface area (Å²) >= 11 is 3.84. The van der Waals surface area contributed by atoms with Gasteiger partial charge in [-0.3, -0.25) is 14.4 Å². The molecule has 0 saturated carbocycles. The second kappa shape index (κ2) is 10.1. The van der Waals surface area contributed by atoms with E-state index in [0.29, 0.717) is 0 Å². The van der Waals surface area contributed by atoms with E-state index in [0.717, 1.165) is 0 Å². The Labute approximate surface area is 139 Å². The summed E-state index contributed by atoms with van der Waals surface area (Å²) < 4.78 is 0. The number of amides is 2. The number of hydrogen-bond donors (Lipinski definition) is 6. The number of carboxylic acids is 2. The molecule has 0 rings (SSSR count). The fourth-order valence-corrected chi connectivity index (χ4v) is 1.97. The average molecular weight is 349 g/mol. The van der Waals surface area contributed by atoms with Crippen LogP contribution in [0.15, 0.2) is 0 Å². The van der Waals surface area contributed by atoms with E-state index in [1.807, 2.05) is 13.8 Å². The van der Waals surface area contributed by atoms with E-state index in [9.17, 15) is 19.2 Å². The highest BCUT2D eigenvalue weighted by Crippen LogP contribution is 2.06. The minimum Gasteiger partial charge on any atom is -0.481 e. The predicted octanol–water partition coefficient (Wildman–Crippen LogP) is -1.18. The molecule has 132 valence electrons. The first kappa shape index (κ1) is 21.2. The van der Waals surface area contributed by atoms with Crippen LogP contribution in [0.3, 0.4) is 0 Å². The summed E-state index contributed by atoms with van der Waals surface area (Å²) in [4.78, 5) is 45.5. The van der Waals surface area contributed by atoms with E-state index in [4.69, 9.17) is 15.9 Å². The van der Waals surface area contributed by atoms with Gasteiger partial charge in [0.05, 0.1) is 12.5 Å². The molecule has 0 aliphatic heterocycles. The molecule has 0 spiro atoms. The summed E-state index contributed by atoms with van der Waals surface area (Å²) in [5.41, 5.74) is 5.44. The molecule has 23 heavy (non-hydrogen) atoms. The Balaban J connectivity index is 4.92. The van der Waals surface area contributed by atoms with Crippen LogP contribution in [0.5, 0.6) is 0 Å². The number of thiol groups is 1. The van der Waals surface area contributed by atoms with E-state index in [1.165, 1.54) is 0 Å². The van der Waals surface area contributed by atoms with Gasteiger partial charge in [0, 0.05) is 5.75 Å². The lowest BCUT2D eigenvalue weighted by Gasteiger charge is -2.23. The number of rotatable bonds is 10. The van der Waals surface area contributed by atoms with Crippen LogP contribution in [0.2, 0.25) is 0 Å². The molecule has 9 nitrogen and oxygen atoms in total. The van der Waals surface area contributed by atoms with Crippen molar-refractivity contribution in [3.8, 4) is 0 Å². The Morgan fingerprint density at radius 1 is 1.04 bits per heavy atom. The first-order valence-electron chi connectivity index (χ1n) is 7.00. The van der Waals surface area contributed by atoms with E-state index in [2.05, 4.69) is 23.3 Å². The maximum absolute atomic E-state index is 12.2. The Hall–Kier alpha value is -1.81. The second-order valence-electron chi connectivity index (χ2n) is 5.48. The van der Waals surface area contributed by atoms with Gasteiger partial charge >= 0.3 is 11.9 Å².